The third-order valence-electron chi connectivity index (χ3n) is 8.14. The number of hydrogen-bond acceptors (Lipinski definition) is 6. The molecule has 9 nitrogen and oxygen atoms in total. The van der Waals surface area contributed by atoms with Crippen molar-refractivity contribution >= 4 is 22.9 Å². The summed E-state index contributed by atoms with van der Waals surface area (Å²) in [6.45, 7) is 4.53. The fourth-order valence-electron chi connectivity index (χ4n) is 5.99. The fraction of sp³-hybridized carbons (Fsp3) is 0.517. The summed E-state index contributed by atoms with van der Waals surface area (Å²) in [4.78, 5) is 46.3. The van der Waals surface area contributed by atoms with Crippen LogP contribution in [0, 0.1) is 5.92 Å². The minimum atomic E-state index is -4.56. The topological polar surface area (TPSA) is 89.7 Å². The summed E-state index contributed by atoms with van der Waals surface area (Å²) in [5, 5.41) is 0. The molecular formula is C29H34F3N5O4. The summed E-state index contributed by atoms with van der Waals surface area (Å²) >= 11 is 0. The zero-order chi connectivity index (χ0) is 29.1. The van der Waals surface area contributed by atoms with Gasteiger partial charge in [-0.3, -0.25) is 28.6 Å². The number of amides is 1. The Balaban J connectivity index is 1.25. The van der Waals surface area contributed by atoms with Crippen molar-refractivity contribution in [1.29, 1.82) is 0 Å². The first-order valence-electron chi connectivity index (χ1n) is 14.0. The van der Waals surface area contributed by atoms with Crippen molar-refractivity contribution in [2.24, 2.45) is 5.92 Å². The van der Waals surface area contributed by atoms with E-state index in [0.29, 0.717) is 31.4 Å². The quantitative estimate of drug-likeness (QED) is 0.399. The summed E-state index contributed by atoms with van der Waals surface area (Å²) < 4.78 is 48.1. The van der Waals surface area contributed by atoms with Gasteiger partial charge in [0.15, 0.2) is 0 Å². The highest BCUT2D eigenvalue weighted by Crippen LogP contribution is 2.33. The maximum absolute atomic E-state index is 13.5. The number of pyridine rings is 1. The molecule has 2 aromatic heterocycles. The summed E-state index contributed by atoms with van der Waals surface area (Å²) in [6, 6.07) is 7.02. The van der Waals surface area contributed by atoms with Crippen LogP contribution in [0.25, 0.3) is 11.0 Å². The van der Waals surface area contributed by atoms with Gasteiger partial charge in [-0.1, -0.05) is 0 Å². The number of ether oxygens (including phenoxy) is 1. The highest BCUT2D eigenvalue weighted by Gasteiger charge is 2.34. The lowest BCUT2D eigenvalue weighted by Gasteiger charge is -2.37. The molecule has 0 bridgehead atoms. The van der Waals surface area contributed by atoms with Gasteiger partial charge in [-0.25, -0.2) is 4.79 Å². The van der Waals surface area contributed by atoms with Gasteiger partial charge >= 0.3 is 17.8 Å². The van der Waals surface area contributed by atoms with Crippen LogP contribution in [-0.4, -0.2) is 68.6 Å². The van der Waals surface area contributed by atoms with Gasteiger partial charge in [0.05, 0.1) is 23.1 Å². The third kappa shape index (κ3) is 6.47. The maximum atomic E-state index is 13.5. The number of likely N-dealkylation sites (tertiary alicyclic amines) is 2. The zero-order valence-electron chi connectivity index (χ0n) is 23.0. The number of piperidine rings is 2. The van der Waals surface area contributed by atoms with Crippen molar-refractivity contribution in [1.82, 2.24) is 23.9 Å². The monoisotopic (exact) mass is 573 g/mol. The van der Waals surface area contributed by atoms with E-state index in [0.717, 1.165) is 44.6 Å². The molecule has 0 atom stereocenters. The molecule has 2 fully saturated rings. The molecule has 0 N–H and O–H groups in total. The van der Waals surface area contributed by atoms with Gasteiger partial charge < -0.3 is 9.64 Å². The number of carbonyl (C=O) groups excluding carboxylic acids is 2. The van der Waals surface area contributed by atoms with Crippen LogP contribution >= 0.6 is 0 Å². The Morgan fingerprint density at radius 1 is 0.976 bits per heavy atom. The lowest BCUT2D eigenvalue weighted by atomic mass is 9.93. The van der Waals surface area contributed by atoms with Gasteiger partial charge in [0, 0.05) is 50.9 Å². The van der Waals surface area contributed by atoms with Crippen molar-refractivity contribution in [3.8, 4) is 0 Å². The van der Waals surface area contributed by atoms with E-state index in [9.17, 15) is 27.6 Å². The molecule has 41 heavy (non-hydrogen) atoms. The van der Waals surface area contributed by atoms with E-state index in [4.69, 9.17) is 4.74 Å². The molecule has 2 saturated heterocycles. The highest BCUT2D eigenvalue weighted by molar-refractivity contribution is 5.79. The predicted octanol–water partition coefficient (Wildman–Crippen LogP) is 3.86. The van der Waals surface area contributed by atoms with Gasteiger partial charge in [-0.05, 0) is 74.7 Å². The van der Waals surface area contributed by atoms with E-state index >= 15 is 0 Å². The standard InChI is InChI=1S/C29H34F3N5O4/c1-20(38)41-17-16-36-26-18-23(29(30,31)32)2-3-25(26)37(28(36)40)24-8-14-35(15-9-24)27(39)22-6-12-34(13-7-22)19-21-4-10-33-11-5-21/h2-5,10-11,18,22,24H,6-9,12-17,19H2,1H3. The maximum Gasteiger partial charge on any atom is 0.416 e. The van der Waals surface area contributed by atoms with Crippen molar-refractivity contribution in [3.05, 3.63) is 64.3 Å². The van der Waals surface area contributed by atoms with E-state index in [1.807, 2.05) is 17.0 Å². The molecule has 5 rings (SSSR count). The van der Waals surface area contributed by atoms with Crippen molar-refractivity contribution < 1.29 is 27.5 Å². The average molecular weight is 574 g/mol. The molecule has 1 aromatic carbocycles. The van der Waals surface area contributed by atoms with Gasteiger partial charge in [0.25, 0.3) is 0 Å². The Hall–Kier alpha value is -3.67. The Bertz CT molecular complexity index is 1440. The first-order valence-corrected chi connectivity index (χ1v) is 14.0. The summed E-state index contributed by atoms with van der Waals surface area (Å²) in [5.41, 5.74) is 0.448. The van der Waals surface area contributed by atoms with E-state index in [1.54, 1.807) is 17.0 Å². The van der Waals surface area contributed by atoms with Crippen LogP contribution in [0.1, 0.15) is 49.8 Å². The third-order valence-corrected chi connectivity index (χ3v) is 8.14. The molecule has 4 heterocycles. The molecule has 220 valence electrons. The van der Waals surface area contributed by atoms with Gasteiger partial charge in [0.1, 0.15) is 6.61 Å². The SMILES string of the molecule is CC(=O)OCCn1c(=O)n(C2CCN(C(=O)C3CCN(Cc4ccncc4)CC3)CC2)c2ccc(C(F)(F)F)cc21. The Kier molecular flexibility index (Phi) is 8.48. The number of halogens is 3. The number of esters is 1. The number of nitrogens with zero attached hydrogens (tertiary/aromatic N) is 5. The van der Waals surface area contributed by atoms with Gasteiger partial charge in [0.2, 0.25) is 5.91 Å². The number of fused-ring (bicyclic) bond motifs is 1. The summed E-state index contributed by atoms with van der Waals surface area (Å²) in [6.07, 6.45) is 1.64. The number of aromatic nitrogens is 3. The summed E-state index contributed by atoms with van der Waals surface area (Å²) in [7, 11) is 0. The molecule has 3 aromatic rings. The Morgan fingerprint density at radius 3 is 2.29 bits per heavy atom. The molecule has 1 amide bonds. The van der Waals surface area contributed by atoms with Crippen LogP contribution in [-0.2, 0) is 33.6 Å². The van der Waals surface area contributed by atoms with E-state index in [-0.39, 0.29) is 36.5 Å². The first-order chi connectivity index (χ1) is 19.6. The van der Waals surface area contributed by atoms with Crippen LogP contribution in [0.15, 0.2) is 47.5 Å². The van der Waals surface area contributed by atoms with Crippen molar-refractivity contribution in [2.45, 2.75) is 57.9 Å². The smallest absolute Gasteiger partial charge is 0.416 e. The average Bonchev–Trinajstić information content (AvgIpc) is 3.23. The van der Waals surface area contributed by atoms with Crippen LogP contribution in [0.4, 0.5) is 13.2 Å². The minimum absolute atomic E-state index is 0.0352. The summed E-state index contributed by atoms with van der Waals surface area (Å²) in [5.74, 6) is -0.431. The second-order valence-corrected chi connectivity index (χ2v) is 10.8. The number of benzene rings is 1. The van der Waals surface area contributed by atoms with Crippen LogP contribution < -0.4 is 5.69 Å². The molecule has 0 spiro atoms. The highest BCUT2D eigenvalue weighted by atomic mass is 19.4. The molecular weight excluding hydrogens is 539 g/mol. The molecule has 0 saturated carbocycles. The molecule has 2 aliphatic heterocycles. The Labute approximate surface area is 235 Å². The van der Waals surface area contributed by atoms with Crippen molar-refractivity contribution in [3.63, 3.8) is 0 Å². The number of carbonyl (C=O) groups is 2. The number of rotatable bonds is 7. The lowest BCUT2D eigenvalue weighted by Crippen LogP contribution is -2.46. The largest absolute Gasteiger partial charge is 0.464 e. The second kappa shape index (κ2) is 12.1. The van der Waals surface area contributed by atoms with E-state index < -0.39 is 23.4 Å². The minimum Gasteiger partial charge on any atom is -0.464 e. The predicted molar refractivity (Wildman–Crippen MR) is 145 cm³/mol. The number of hydrogen-bond donors (Lipinski definition) is 0. The Morgan fingerprint density at radius 2 is 1.66 bits per heavy atom. The zero-order valence-corrected chi connectivity index (χ0v) is 23.0. The molecule has 2 aliphatic rings. The van der Waals surface area contributed by atoms with Gasteiger partial charge in [-0.15, -0.1) is 0 Å². The first kappa shape index (κ1) is 28.8. The van der Waals surface area contributed by atoms with E-state index in [1.165, 1.54) is 23.1 Å². The second-order valence-electron chi connectivity index (χ2n) is 10.8. The molecule has 0 radical (unpaired) electrons. The lowest BCUT2D eigenvalue weighted by molar-refractivity contribution is -0.141. The fourth-order valence-corrected chi connectivity index (χ4v) is 5.99. The molecule has 12 heteroatoms. The normalized spacial score (nSPS) is 17.7. The van der Waals surface area contributed by atoms with E-state index in [2.05, 4.69) is 9.88 Å². The van der Waals surface area contributed by atoms with Gasteiger partial charge in [-0.2, -0.15) is 13.2 Å². The number of alkyl halides is 3. The molecule has 0 aliphatic carbocycles. The number of imidazole rings is 1. The van der Waals surface area contributed by atoms with Crippen LogP contribution in [0.2, 0.25) is 0 Å². The van der Waals surface area contributed by atoms with Crippen LogP contribution in [0.5, 0.6) is 0 Å². The van der Waals surface area contributed by atoms with Crippen molar-refractivity contribution in [2.75, 3.05) is 32.8 Å². The molecule has 0 unspecified atom stereocenters. The van der Waals surface area contributed by atoms with Crippen LogP contribution in [0.3, 0.4) is 0 Å².